The lowest BCUT2D eigenvalue weighted by Gasteiger charge is -2.36. The van der Waals surface area contributed by atoms with Crippen molar-refractivity contribution >= 4 is 23.5 Å². The number of nitrogens with zero attached hydrogens (tertiary/aromatic N) is 2. The highest BCUT2D eigenvalue weighted by atomic mass is 35.5. The van der Waals surface area contributed by atoms with E-state index in [1.807, 2.05) is 0 Å². The highest BCUT2D eigenvalue weighted by Gasteiger charge is 2.87. The summed E-state index contributed by atoms with van der Waals surface area (Å²) in [7, 11) is 0. The number of H-pyrrole nitrogens is 1. The summed E-state index contributed by atoms with van der Waals surface area (Å²) in [6.45, 7) is 0. The van der Waals surface area contributed by atoms with Crippen LogP contribution in [0.4, 0.5) is 49.9 Å². The predicted molar refractivity (Wildman–Crippen MR) is 55.6 cm³/mol. The molecular weight excluding hydrogens is 394 g/mol. The van der Waals surface area contributed by atoms with Crippen molar-refractivity contribution in [2.24, 2.45) is 0 Å². The van der Waals surface area contributed by atoms with Gasteiger partial charge in [0.2, 0.25) is 5.95 Å². The summed E-state index contributed by atoms with van der Waals surface area (Å²) in [5.41, 5.74) is 0. The van der Waals surface area contributed by atoms with Crippen LogP contribution in [0.5, 0.6) is 0 Å². The SMILES string of the molecule is O=C(Nc1ncn[nH]1)C(F)(F)C(F)(F)C(F)(F)C(F)(F)C(F)(F)Cl. The van der Waals surface area contributed by atoms with Gasteiger partial charge < -0.3 is 0 Å². The number of anilines is 1. The van der Waals surface area contributed by atoms with Crippen molar-refractivity contribution in [3.63, 3.8) is 0 Å². The number of carbonyl (C=O) groups is 1. The van der Waals surface area contributed by atoms with Crippen LogP contribution in [0.25, 0.3) is 0 Å². The molecule has 0 aromatic carbocycles. The summed E-state index contributed by atoms with van der Waals surface area (Å²) in [5, 5.41) is -0.880. The van der Waals surface area contributed by atoms with Gasteiger partial charge in [-0.3, -0.25) is 10.1 Å². The van der Waals surface area contributed by atoms with Crippen LogP contribution in [-0.4, -0.2) is 50.2 Å². The first-order valence-electron chi connectivity index (χ1n) is 5.25. The third kappa shape index (κ3) is 2.84. The van der Waals surface area contributed by atoms with Crippen molar-refractivity contribution in [2.45, 2.75) is 29.1 Å². The molecule has 0 aliphatic heterocycles. The van der Waals surface area contributed by atoms with E-state index >= 15 is 0 Å². The normalized spacial score (nSPS) is 14.6. The second-order valence-corrected chi connectivity index (χ2v) is 4.56. The molecule has 1 aromatic rings. The molecule has 2 N–H and O–H groups in total. The fraction of sp³-hybridized carbons (Fsp3) is 0.625. The number of nitrogens with one attached hydrogen (secondary N) is 2. The van der Waals surface area contributed by atoms with Crippen molar-refractivity contribution in [3.8, 4) is 0 Å². The van der Waals surface area contributed by atoms with Crippen molar-refractivity contribution < 1.29 is 48.7 Å². The highest BCUT2D eigenvalue weighted by molar-refractivity contribution is 6.22. The Morgan fingerprint density at radius 3 is 1.83 bits per heavy atom. The molecule has 0 spiro atoms. The molecule has 0 saturated heterocycles. The van der Waals surface area contributed by atoms with E-state index < -0.39 is 40.9 Å². The number of carbonyl (C=O) groups excluding carboxylic acids is 1. The fourth-order valence-corrected chi connectivity index (χ4v) is 1.29. The van der Waals surface area contributed by atoms with Gasteiger partial charge in [-0.05, 0) is 11.6 Å². The van der Waals surface area contributed by atoms with Crippen LogP contribution in [0.2, 0.25) is 0 Å². The maximum atomic E-state index is 13.3. The van der Waals surface area contributed by atoms with E-state index in [0.717, 1.165) is 5.32 Å². The van der Waals surface area contributed by atoms with Crippen LogP contribution >= 0.6 is 11.6 Å². The molecule has 0 atom stereocenters. The van der Waals surface area contributed by atoms with Crippen molar-refractivity contribution in [1.82, 2.24) is 15.2 Å². The number of amides is 1. The molecule has 1 aromatic heterocycles. The molecule has 1 rings (SSSR count). The van der Waals surface area contributed by atoms with Gasteiger partial charge in [0.05, 0.1) is 0 Å². The molecule has 1 heterocycles. The number of halogens is 11. The number of rotatable bonds is 6. The third-order valence-electron chi connectivity index (χ3n) is 2.47. The number of aromatic nitrogens is 3. The molecule has 0 aliphatic rings. The number of alkyl halides is 11. The van der Waals surface area contributed by atoms with Gasteiger partial charge in [0, 0.05) is 0 Å². The average Bonchev–Trinajstić information content (AvgIpc) is 2.89. The molecule has 0 radical (unpaired) electrons. The molecule has 1 amide bonds. The standard InChI is InChI=1S/C8H3ClF10N4O/c9-8(18,19)7(16,17)6(14,15)5(12,13)4(10,11)2(24)22-3-20-1-21-23-3/h1H,(H2,20,21,22,23,24). The van der Waals surface area contributed by atoms with E-state index in [1.165, 1.54) is 0 Å². The Bertz CT molecular complexity index is 598. The minimum Gasteiger partial charge on any atom is -0.289 e. The van der Waals surface area contributed by atoms with E-state index in [9.17, 15) is 48.7 Å². The van der Waals surface area contributed by atoms with Gasteiger partial charge in [0.25, 0.3) is 0 Å². The zero-order valence-corrected chi connectivity index (χ0v) is 11.3. The molecule has 138 valence electrons. The molecule has 0 saturated carbocycles. The lowest BCUT2D eigenvalue weighted by molar-refractivity contribution is -0.381. The van der Waals surface area contributed by atoms with Gasteiger partial charge in [-0.25, -0.2) is 5.10 Å². The first-order valence-corrected chi connectivity index (χ1v) is 5.62. The first-order chi connectivity index (χ1) is 10.5. The van der Waals surface area contributed by atoms with Crippen molar-refractivity contribution in [3.05, 3.63) is 6.33 Å². The van der Waals surface area contributed by atoms with Crippen LogP contribution in [0, 0.1) is 0 Å². The van der Waals surface area contributed by atoms with Crippen LogP contribution in [-0.2, 0) is 4.79 Å². The number of hydrogen-bond acceptors (Lipinski definition) is 3. The summed E-state index contributed by atoms with van der Waals surface area (Å²) in [4.78, 5) is 13.9. The molecule has 0 aliphatic carbocycles. The Hall–Kier alpha value is -1.80. The van der Waals surface area contributed by atoms with Crippen LogP contribution in [0.15, 0.2) is 6.33 Å². The van der Waals surface area contributed by atoms with Gasteiger partial charge >= 0.3 is 35.0 Å². The van der Waals surface area contributed by atoms with E-state index in [1.54, 1.807) is 5.10 Å². The maximum absolute atomic E-state index is 13.3. The summed E-state index contributed by atoms with van der Waals surface area (Å²) < 4.78 is 129. The Kier molecular flexibility index (Phi) is 4.75. The van der Waals surface area contributed by atoms with E-state index in [-0.39, 0.29) is 0 Å². The molecule has 24 heavy (non-hydrogen) atoms. The Morgan fingerprint density at radius 1 is 0.958 bits per heavy atom. The second kappa shape index (κ2) is 5.63. The minimum absolute atomic E-state index is 0.572. The van der Waals surface area contributed by atoms with Gasteiger partial charge in [-0.2, -0.15) is 54.0 Å². The Morgan fingerprint density at radius 2 is 1.46 bits per heavy atom. The Balaban J connectivity index is 3.26. The van der Waals surface area contributed by atoms with Crippen molar-refractivity contribution in [2.75, 3.05) is 5.32 Å². The molecular formula is C8H3ClF10N4O. The van der Waals surface area contributed by atoms with Gasteiger partial charge in [0.1, 0.15) is 6.33 Å². The first kappa shape index (κ1) is 20.2. The summed E-state index contributed by atoms with van der Waals surface area (Å²) in [6, 6.07) is 0. The zero-order valence-electron chi connectivity index (χ0n) is 10.5. The molecule has 16 heteroatoms. The Labute approximate surface area is 129 Å². The van der Waals surface area contributed by atoms with E-state index in [2.05, 4.69) is 21.7 Å². The molecule has 0 unspecified atom stereocenters. The predicted octanol–water partition coefficient (Wildman–Crippen LogP) is 3.12. The topological polar surface area (TPSA) is 70.7 Å². The lowest BCUT2D eigenvalue weighted by Crippen LogP contribution is -2.68. The number of hydrogen-bond donors (Lipinski definition) is 2. The zero-order chi connectivity index (χ0) is 19.2. The van der Waals surface area contributed by atoms with Crippen LogP contribution < -0.4 is 5.32 Å². The molecule has 0 fully saturated rings. The van der Waals surface area contributed by atoms with E-state index in [4.69, 9.17) is 0 Å². The smallest absolute Gasteiger partial charge is 0.289 e. The molecule has 0 bridgehead atoms. The summed E-state index contributed by atoms with van der Waals surface area (Å²) in [6.07, 6.45) is 0.572. The van der Waals surface area contributed by atoms with Crippen molar-refractivity contribution in [1.29, 1.82) is 0 Å². The minimum atomic E-state index is -7.41. The van der Waals surface area contributed by atoms with Gasteiger partial charge in [-0.1, -0.05) is 0 Å². The quantitative estimate of drug-likeness (QED) is 0.573. The monoisotopic (exact) mass is 396 g/mol. The fourth-order valence-electron chi connectivity index (χ4n) is 1.17. The summed E-state index contributed by atoms with van der Waals surface area (Å²) >= 11 is 3.59. The van der Waals surface area contributed by atoms with Crippen LogP contribution in [0.3, 0.4) is 0 Å². The highest BCUT2D eigenvalue weighted by Crippen LogP contribution is 2.57. The maximum Gasteiger partial charge on any atom is 0.393 e. The second-order valence-electron chi connectivity index (χ2n) is 4.08. The largest absolute Gasteiger partial charge is 0.393 e. The number of aromatic amines is 1. The summed E-state index contributed by atoms with van der Waals surface area (Å²) in [5.74, 6) is -32.6. The third-order valence-corrected chi connectivity index (χ3v) is 2.71. The van der Waals surface area contributed by atoms with Gasteiger partial charge in [-0.15, -0.1) is 0 Å². The lowest BCUT2D eigenvalue weighted by atomic mass is 9.98. The van der Waals surface area contributed by atoms with Crippen LogP contribution in [0.1, 0.15) is 0 Å². The van der Waals surface area contributed by atoms with E-state index in [0.29, 0.717) is 6.33 Å². The van der Waals surface area contributed by atoms with Gasteiger partial charge in [0.15, 0.2) is 0 Å². The molecule has 5 nitrogen and oxygen atoms in total. The average molecular weight is 397 g/mol.